The van der Waals surface area contributed by atoms with Crippen LogP contribution in [0.1, 0.15) is 32.3 Å². The zero-order valence-electron chi connectivity index (χ0n) is 11.7. The van der Waals surface area contributed by atoms with Crippen LogP contribution in [0.25, 0.3) is 0 Å². The van der Waals surface area contributed by atoms with Gasteiger partial charge in [-0.2, -0.15) is 0 Å². The van der Waals surface area contributed by atoms with E-state index in [4.69, 9.17) is 11.6 Å². The third kappa shape index (κ3) is 3.62. The first kappa shape index (κ1) is 14.6. The van der Waals surface area contributed by atoms with Gasteiger partial charge < -0.3 is 15.3 Å². The Balaban J connectivity index is 2.10. The van der Waals surface area contributed by atoms with Crippen LogP contribution in [0, 0.1) is 0 Å². The van der Waals surface area contributed by atoms with Gasteiger partial charge in [0, 0.05) is 29.8 Å². The van der Waals surface area contributed by atoms with E-state index in [1.54, 1.807) is 0 Å². The van der Waals surface area contributed by atoms with Crippen LogP contribution in [0.4, 0.5) is 5.69 Å². The standard InChI is InChI=1S/C15H23ClN2O/c1-11(2)17-9-12-5-6-13(8-15(12)16)18-7-3-4-14(18)10-19/h5-6,8,11,14,17,19H,3-4,7,9-10H2,1-2H3. The van der Waals surface area contributed by atoms with Gasteiger partial charge >= 0.3 is 0 Å². The van der Waals surface area contributed by atoms with Crippen molar-refractivity contribution in [3.8, 4) is 0 Å². The van der Waals surface area contributed by atoms with Crippen molar-refractivity contribution in [1.29, 1.82) is 0 Å². The molecule has 0 spiro atoms. The lowest BCUT2D eigenvalue weighted by Gasteiger charge is -2.26. The largest absolute Gasteiger partial charge is 0.394 e. The SMILES string of the molecule is CC(C)NCc1ccc(N2CCCC2CO)cc1Cl. The van der Waals surface area contributed by atoms with Gasteiger partial charge in [0.05, 0.1) is 12.6 Å². The van der Waals surface area contributed by atoms with Crippen LogP contribution >= 0.6 is 11.6 Å². The van der Waals surface area contributed by atoms with E-state index in [9.17, 15) is 5.11 Å². The van der Waals surface area contributed by atoms with E-state index in [-0.39, 0.29) is 12.6 Å². The van der Waals surface area contributed by atoms with Crippen molar-refractivity contribution in [3.63, 3.8) is 0 Å². The highest BCUT2D eigenvalue weighted by Crippen LogP contribution is 2.29. The predicted octanol–water partition coefficient (Wildman–Crippen LogP) is 2.80. The van der Waals surface area contributed by atoms with Crippen molar-refractivity contribution in [2.75, 3.05) is 18.1 Å². The summed E-state index contributed by atoms with van der Waals surface area (Å²) in [5.74, 6) is 0. The minimum atomic E-state index is 0.217. The molecule has 2 rings (SSSR count). The third-order valence-corrected chi connectivity index (χ3v) is 4.01. The molecule has 1 unspecified atom stereocenters. The van der Waals surface area contributed by atoms with Gasteiger partial charge in [0.2, 0.25) is 0 Å². The van der Waals surface area contributed by atoms with Crippen LogP contribution in [0.5, 0.6) is 0 Å². The highest BCUT2D eigenvalue weighted by atomic mass is 35.5. The molecule has 19 heavy (non-hydrogen) atoms. The first-order valence-electron chi connectivity index (χ1n) is 7.01. The molecule has 106 valence electrons. The molecule has 1 atom stereocenters. The average Bonchev–Trinajstić information content (AvgIpc) is 2.85. The van der Waals surface area contributed by atoms with E-state index in [1.165, 1.54) is 0 Å². The molecule has 0 amide bonds. The molecule has 0 saturated carbocycles. The van der Waals surface area contributed by atoms with E-state index in [0.29, 0.717) is 6.04 Å². The van der Waals surface area contributed by atoms with Crippen LogP contribution in [-0.2, 0) is 6.54 Å². The van der Waals surface area contributed by atoms with Crippen molar-refractivity contribution in [1.82, 2.24) is 5.32 Å². The fraction of sp³-hybridized carbons (Fsp3) is 0.600. The Hall–Kier alpha value is -0.770. The summed E-state index contributed by atoms with van der Waals surface area (Å²) in [6.07, 6.45) is 2.20. The Kier molecular flexibility index (Phi) is 5.08. The smallest absolute Gasteiger partial charge is 0.0635 e. The Morgan fingerprint density at radius 2 is 2.26 bits per heavy atom. The van der Waals surface area contributed by atoms with Crippen LogP contribution in [0.2, 0.25) is 5.02 Å². The molecule has 0 aliphatic carbocycles. The number of anilines is 1. The topological polar surface area (TPSA) is 35.5 Å². The quantitative estimate of drug-likeness (QED) is 0.872. The van der Waals surface area contributed by atoms with Crippen molar-refractivity contribution in [3.05, 3.63) is 28.8 Å². The first-order chi connectivity index (χ1) is 9.11. The van der Waals surface area contributed by atoms with Crippen LogP contribution < -0.4 is 10.2 Å². The lowest BCUT2D eigenvalue weighted by molar-refractivity contribution is 0.266. The summed E-state index contributed by atoms with van der Waals surface area (Å²) in [6, 6.07) is 6.91. The maximum atomic E-state index is 9.38. The fourth-order valence-electron chi connectivity index (χ4n) is 2.54. The molecule has 2 N–H and O–H groups in total. The van der Waals surface area contributed by atoms with Crippen molar-refractivity contribution in [2.24, 2.45) is 0 Å². The second-order valence-corrected chi connectivity index (χ2v) is 5.89. The number of hydrogen-bond acceptors (Lipinski definition) is 3. The average molecular weight is 283 g/mol. The number of nitrogens with zero attached hydrogens (tertiary/aromatic N) is 1. The van der Waals surface area contributed by atoms with E-state index < -0.39 is 0 Å². The van der Waals surface area contributed by atoms with E-state index in [1.807, 2.05) is 6.07 Å². The molecular weight excluding hydrogens is 260 g/mol. The number of benzene rings is 1. The minimum Gasteiger partial charge on any atom is -0.394 e. The Morgan fingerprint density at radius 3 is 2.89 bits per heavy atom. The summed E-state index contributed by atoms with van der Waals surface area (Å²) in [5, 5.41) is 13.6. The summed E-state index contributed by atoms with van der Waals surface area (Å²) < 4.78 is 0. The molecule has 0 aromatic heterocycles. The number of nitrogens with one attached hydrogen (secondary N) is 1. The number of hydrogen-bond donors (Lipinski definition) is 2. The first-order valence-corrected chi connectivity index (χ1v) is 7.39. The second-order valence-electron chi connectivity index (χ2n) is 5.48. The summed E-state index contributed by atoms with van der Waals surface area (Å²) in [6.45, 7) is 6.26. The van der Waals surface area contributed by atoms with E-state index in [2.05, 4.69) is 36.2 Å². The molecule has 1 aliphatic rings. The van der Waals surface area contributed by atoms with Gasteiger partial charge in [-0.3, -0.25) is 0 Å². The number of halogens is 1. The van der Waals surface area contributed by atoms with Gasteiger partial charge in [-0.15, -0.1) is 0 Å². The third-order valence-electron chi connectivity index (χ3n) is 3.66. The molecule has 3 nitrogen and oxygen atoms in total. The number of aliphatic hydroxyl groups is 1. The fourth-order valence-corrected chi connectivity index (χ4v) is 2.78. The number of rotatable bonds is 5. The maximum absolute atomic E-state index is 9.38. The number of aliphatic hydroxyl groups excluding tert-OH is 1. The lowest BCUT2D eigenvalue weighted by Crippen LogP contribution is -2.32. The highest BCUT2D eigenvalue weighted by molar-refractivity contribution is 6.31. The molecule has 1 aromatic carbocycles. The summed E-state index contributed by atoms with van der Waals surface area (Å²) >= 11 is 6.35. The second kappa shape index (κ2) is 6.60. The molecule has 1 fully saturated rings. The zero-order valence-corrected chi connectivity index (χ0v) is 12.5. The molecule has 1 saturated heterocycles. The highest BCUT2D eigenvalue weighted by Gasteiger charge is 2.24. The molecule has 4 heteroatoms. The minimum absolute atomic E-state index is 0.217. The summed E-state index contributed by atoms with van der Waals surface area (Å²) in [4.78, 5) is 2.26. The molecule has 1 aromatic rings. The van der Waals surface area contributed by atoms with Crippen molar-refractivity contribution >= 4 is 17.3 Å². The van der Waals surface area contributed by atoms with Crippen LogP contribution in [-0.4, -0.2) is 30.3 Å². The molecule has 0 radical (unpaired) electrons. The van der Waals surface area contributed by atoms with E-state index >= 15 is 0 Å². The van der Waals surface area contributed by atoms with Gasteiger partial charge in [-0.25, -0.2) is 0 Å². The monoisotopic (exact) mass is 282 g/mol. The summed E-state index contributed by atoms with van der Waals surface area (Å²) in [7, 11) is 0. The van der Waals surface area contributed by atoms with Gasteiger partial charge in [0.25, 0.3) is 0 Å². The predicted molar refractivity (Wildman–Crippen MR) is 80.9 cm³/mol. The maximum Gasteiger partial charge on any atom is 0.0635 e. The zero-order chi connectivity index (χ0) is 13.8. The van der Waals surface area contributed by atoms with Crippen LogP contribution in [0.3, 0.4) is 0 Å². The Labute approximate surface area is 120 Å². The van der Waals surface area contributed by atoms with Crippen molar-refractivity contribution < 1.29 is 5.11 Å². The Bertz CT molecular complexity index is 423. The molecular formula is C15H23ClN2O. The van der Waals surface area contributed by atoms with Gasteiger partial charge in [-0.1, -0.05) is 31.5 Å². The molecule has 1 heterocycles. The normalized spacial score (nSPS) is 19.4. The lowest BCUT2D eigenvalue weighted by atomic mass is 10.1. The molecule has 0 bridgehead atoms. The van der Waals surface area contributed by atoms with Gasteiger partial charge in [0.1, 0.15) is 0 Å². The molecule has 1 aliphatic heterocycles. The van der Waals surface area contributed by atoms with Crippen molar-refractivity contribution in [2.45, 2.75) is 45.3 Å². The van der Waals surface area contributed by atoms with Crippen LogP contribution in [0.15, 0.2) is 18.2 Å². The van der Waals surface area contributed by atoms with E-state index in [0.717, 1.165) is 42.2 Å². The Morgan fingerprint density at radius 1 is 1.47 bits per heavy atom. The summed E-state index contributed by atoms with van der Waals surface area (Å²) in [5.41, 5.74) is 2.24. The van der Waals surface area contributed by atoms with Gasteiger partial charge in [0.15, 0.2) is 0 Å². The van der Waals surface area contributed by atoms with Gasteiger partial charge in [-0.05, 0) is 30.5 Å².